The fourth-order valence-electron chi connectivity index (χ4n) is 4.89. The van der Waals surface area contributed by atoms with Gasteiger partial charge in [-0.2, -0.15) is 0 Å². The quantitative estimate of drug-likeness (QED) is 0.0570. The Balaban J connectivity index is 1.37. The summed E-state index contributed by atoms with van der Waals surface area (Å²) in [6.07, 6.45) is 0. The first kappa shape index (κ1) is 39.8. The normalized spacial score (nSPS) is 10.6. The van der Waals surface area contributed by atoms with Gasteiger partial charge in [0.25, 0.3) is 0 Å². The number of methoxy groups -OCH3 is 1. The molecule has 19 heteroatoms. The van der Waals surface area contributed by atoms with Crippen LogP contribution >= 0.6 is 0 Å². The van der Waals surface area contributed by atoms with Crippen molar-refractivity contribution in [3.8, 4) is 74.7 Å². The molecule has 0 aliphatic rings. The third-order valence-corrected chi connectivity index (χ3v) is 7.95. The Kier molecular flexibility index (Phi) is 10.9. The van der Waals surface area contributed by atoms with Crippen LogP contribution in [0, 0.1) is 13.8 Å². The minimum Gasteiger partial charge on any atom is -0.508 e. The molecule has 19 nitrogen and oxygen atoms in total. The second-order valence-electron chi connectivity index (χ2n) is 11.9. The molecule has 0 fully saturated rings. The molecule has 0 aliphatic carbocycles. The standard InChI is InChI=1S/C38H28O19/c1-14-4-16(6-22(40)30(14)44)35(49)54-26-10-18(5-21(39)15(26)2)36(50)56-28-12-20(9-24(42)32(28)46)38(52)57-29-13-19(8-25(43)33(29)47)37(51)55-27-11-17(34(48)53-3)7-23(41)31(27)45/h4-13,39-47H,1-3H3. The topological polar surface area (TPSA) is 314 Å². The summed E-state index contributed by atoms with van der Waals surface area (Å²) in [6, 6.07) is 8.45. The summed E-state index contributed by atoms with van der Waals surface area (Å²) in [6.45, 7) is 2.75. The molecule has 0 saturated heterocycles. The largest absolute Gasteiger partial charge is 0.508 e. The molecule has 0 spiro atoms. The first-order chi connectivity index (χ1) is 26.8. The lowest BCUT2D eigenvalue weighted by Gasteiger charge is -2.14. The lowest BCUT2D eigenvalue weighted by atomic mass is 10.1. The number of aryl methyl sites for hydroxylation is 1. The average molecular weight is 789 g/mol. The van der Waals surface area contributed by atoms with E-state index in [2.05, 4.69) is 4.74 Å². The number of phenols is 9. The smallest absolute Gasteiger partial charge is 0.343 e. The highest BCUT2D eigenvalue weighted by Gasteiger charge is 2.26. The van der Waals surface area contributed by atoms with Gasteiger partial charge >= 0.3 is 29.8 Å². The molecular weight excluding hydrogens is 760 g/mol. The van der Waals surface area contributed by atoms with E-state index < -0.39 is 116 Å². The highest BCUT2D eigenvalue weighted by atomic mass is 16.6. The summed E-state index contributed by atoms with van der Waals surface area (Å²) in [4.78, 5) is 64.0. The third-order valence-electron chi connectivity index (χ3n) is 7.95. The zero-order valence-electron chi connectivity index (χ0n) is 29.4. The molecule has 0 unspecified atom stereocenters. The van der Waals surface area contributed by atoms with Gasteiger partial charge in [0.15, 0.2) is 46.0 Å². The molecule has 0 saturated carbocycles. The van der Waals surface area contributed by atoms with Crippen molar-refractivity contribution in [2.24, 2.45) is 0 Å². The zero-order valence-corrected chi connectivity index (χ0v) is 29.4. The maximum absolute atomic E-state index is 13.2. The number of rotatable bonds is 9. The van der Waals surface area contributed by atoms with Crippen LogP contribution in [-0.2, 0) is 4.74 Å². The van der Waals surface area contributed by atoms with E-state index in [1.807, 2.05) is 0 Å². The van der Waals surface area contributed by atoms with E-state index in [0.717, 1.165) is 37.4 Å². The molecule has 5 aromatic rings. The van der Waals surface area contributed by atoms with Crippen LogP contribution < -0.4 is 18.9 Å². The van der Waals surface area contributed by atoms with Crippen molar-refractivity contribution in [2.45, 2.75) is 13.8 Å². The summed E-state index contributed by atoms with van der Waals surface area (Å²) >= 11 is 0. The van der Waals surface area contributed by atoms with Crippen LogP contribution in [-0.4, -0.2) is 82.9 Å². The van der Waals surface area contributed by atoms with Crippen LogP contribution in [0.5, 0.6) is 74.7 Å². The number of ether oxygens (including phenoxy) is 5. The summed E-state index contributed by atoms with van der Waals surface area (Å²) in [7, 11) is 1.03. The Morgan fingerprint density at radius 2 is 0.649 bits per heavy atom. The Bertz CT molecular complexity index is 2500. The highest BCUT2D eigenvalue weighted by Crippen LogP contribution is 2.42. The summed E-state index contributed by atoms with van der Waals surface area (Å²) in [5.74, 6) is -16.6. The maximum Gasteiger partial charge on any atom is 0.343 e. The molecule has 0 amide bonds. The van der Waals surface area contributed by atoms with Crippen LogP contribution in [0.15, 0.2) is 60.7 Å². The van der Waals surface area contributed by atoms with Crippen molar-refractivity contribution in [1.82, 2.24) is 0 Å². The minimum atomic E-state index is -1.44. The summed E-state index contributed by atoms with van der Waals surface area (Å²) in [5, 5.41) is 91.6. The van der Waals surface area contributed by atoms with E-state index in [1.54, 1.807) is 0 Å². The lowest BCUT2D eigenvalue weighted by Crippen LogP contribution is -2.14. The SMILES string of the molecule is COC(=O)c1cc(O)c(O)c(OC(=O)c2cc(O)c(O)c(OC(=O)c3cc(O)c(O)c(OC(=O)c4cc(O)c(C)c(OC(=O)c5cc(C)c(O)c(O)c5)c4)c3)c2)c1. The van der Waals surface area contributed by atoms with Gasteiger partial charge in [-0.25, -0.2) is 24.0 Å². The molecule has 0 bridgehead atoms. The van der Waals surface area contributed by atoms with Gasteiger partial charge in [0.2, 0.25) is 17.2 Å². The predicted molar refractivity (Wildman–Crippen MR) is 188 cm³/mol. The van der Waals surface area contributed by atoms with E-state index >= 15 is 0 Å². The number of phenolic OH excluding ortho intramolecular Hbond substituents is 9. The Morgan fingerprint density at radius 3 is 1.00 bits per heavy atom. The van der Waals surface area contributed by atoms with Gasteiger partial charge in [-0.3, -0.25) is 0 Å². The van der Waals surface area contributed by atoms with Gasteiger partial charge in [0.05, 0.1) is 34.9 Å². The van der Waals surface area contributed by atoms with Crippen molar-refractivity contribution in [2.75, 3.05) is 7.11 Å². The molecule has 0 heterocycles. The van der Waals surface area contributed by atoms with E-state index in [4.69, 9.17) is 18.9 Å². The molecule has 0 atom stereocenters. The number of hydrogen-bond acceptors (Lipinski definition) is 19. The molecule has 294 valence electrons. The second kappa shape index (κ2) is 15.6. The van der Waals surface area contributed by atoms with Crippen LogP contribution in [0.1, 0.15) is 62.9 Å². The molecule has 0 radical (unpaired) electrons. The van der Waals surface area contributed by atoms with Gasteiger partial charge in [-0.1, -0.05) is 0 Å². The molecule has 57 heavy (non-hydrogen) atoms. The van der Waals surface area contributed by atoms with Gasteiger partial charge in [0, 0.05) is 5.56 Å². The average Bonchev–Trinajstić information content (AvgIpc) is 3.16. The Labute approximate surface area is 318 Å². The van der Waals surface area contributed by atoms with Crippen molar-refractivity contribution in [1.29, 1.82) is 0 Å². The second-order valence-corrected chi connectivity index (χ2v) is 11.9. The highest BCUT2D eigenvalue weighted by molar-refractivity contribution is 5.98. The van der Waals surface area contributed by atoms with E-state index in [0.29, 0.717) is 24.3 Å². The number of benzene rings is 5. The van der Waals surface area contributed by atoms with E-state index in [-0.39, 0.29) is 28.0 Å². The van der Waals surface area contributed by atoms with Crippen molar-refractivity contribution < 1.29 is 93.6 Å². The van der Waals surface area contributed by atoms with Crippen molar-refractivity contribution in [3.63, 3.8) is 0 Å². The number of hydrogen-bond donors (Lipinski definition) is 9. The maximum atomic E-state index is 13.2. The first-order valence-corrected chi connectivity index (χ1v) is 15.8. The van der Waals surface area contributed by atoms with Crippen molar-refractivity contribution in [3.05, 3.63) is 99.6 Å². The van der Waals surface area contributed by atoms with Gasteiger partial charge in [-0.15, -0.1) is 0 Å². The van der Waals surface area contributed by atoms with Gasteiger partial charge < -0.3 is 69.6 Å². The zero-order chi connectivity index (χ0) is 42.0. The third kappa shape index (κ3) is 8.26. The van der Waals surface area contributed by atoms with Crippen LogP contribution in [0.2, 0.25) is 0 Å². The Morgan fingerprint density at radius 1 is 0.368 bits per heavy atom. The lowest BCUT2D eigenvalue weighted by molar-refractivity contribution is 0.0596. The van der Waals surface area contributed by atoms with Crippen LogP contribution in [0.4, 0.5) is 0 Å². The van der Waals surface area contributed by atoms with Crippen LogP contribution in [0.3, 0.4) is 0 Å². The number of carbonyl (C=O) groups excluding carboxylic acids is 5. The molecule has 0 aromatic heterocycles. The fourth-order valence-corrected chi connectivity index (χ4v) is 4.89. The van der Waals surface area contributed by atoms with Gasteiger partial charge in [0.1, 0.15) is 11.5 Å². The first-order valence-electron chi connectivity index (χ1n) is 15.8. The van der Waals surface area contributed by atoms with Gasteiger partial charge in [-0.05, 0) is 80.1 Å². The van der Waals surface area contributed by atoms with Crippen molar-refractivity contribution >= 4 is 29.8 Å². The molecular formula is C38H28O19. The van der Waals surface area contributed by atoms with Crippen LogP contribution in [0.25, 0.3) is 0 Å². The fraction of sp³-hybridized carbons (Fsp3) is 0.0789. The van der Waals surface area contributed by atoms with E-state index in [9.17, 15) is 69.9 Å². The summed E-state index contributed by atoms with van der Waals surface area (Å²) in [5.41, 5.74) is -2.12. The summed E-state index contributed by atoms with van der Waals surface area (Å²) < 4.78 is 25.1. The molecule has 5 rings (SSSR count). The van der Waals surface area contributed by atoms with E-state index in [1.165, 1.54) is 19.9 Å². The number of aromatic hydroxyl groups is 9. The minimum absolute atomic E-state index is 0.0123. The number of carbonyl (C=O) groups is 5. The molecule has 9 N–H and O–H groups in total. The monoisotopic (exact) mass is 788 g/mol. The Hall–Kier alpha value is -8.35. The number of esters is 5. The molecule has 0 aliphatic heterocycles. The molecule has 5 aromatic carbocycles. The predicted octanol–water partition coefficient (Wildman–Crippen LogP) is 4.32.